The number of aromatic nitrogens is 1. The second-order valence-corrected chi connectivity index (χ2v) is 7.79. The van der Waals surface area contributed by atoms with Crippen molar-refractivity contribution in [3.8, 4) is 22.8 Å². The summed E-state index contributed by atoms with van der Waals surface area (Å²) in [5.74, 6) is -0.561. The Labute approximate surface area is 192 Å². The molecule has 0 spiro atoms. The molecule has 0 atom stereocenters. The summed E-state index contributed by atoms with van der Waals surface area (Å²) in [6.45, 7) is 2.98. The van der Waals surface area contributed by atoms with Gasteiger partial charge in [-0.05, 0) is 54.3 Å². The number of ether oxygens (including phenoxy) is 2. The number of aromatic amines is 1. The standard InChI is InChI=1S/C26H20F3NO4/c1-15-24(30-21-4-3-5-22(33-16(2)31)23(21)25(15)32)19-10-6-17(7-11-19)14-18-8-12-20(13-9-18)34-26(27,28)29/h3-13H,14H2,1-2H3,(H,30,32). The van der Waals surface area contributed by atoms with Gasteiger partial charge in [0.05, 0.1) is 16.6 Å². The number of fused-ring (bicyclic) bond motifs is 1. The fraction of sp³-hybridized carbons (Fsp3) is 0.154. The topological polar surface area (TPSA) is 68.4 Å². The van der Waals surface area contributed by atoms with Gasteiger partial charge in [0.2, 0.25) is 0 Å². The van der Waals surface area contributed by atoms with Gasteiger partial charge in [0.1, 0.15) is 11.5 Å². The predicted octanol–water partition coefficient (Wildman–Crippen LogP) is 5.92. The lowest BCUT2D eigenvalue weighted by atomic mass is 9.99. The fourth-order valence-corrected chi connectivity index (χ4v) is 3.76. The summed E-state index contributed by atoms with van der Waals surface area (Å²) in [7, 11) is 0. The first-order chi connectivity index (χ1) is 16.1. The van der Waals surface area contributed by atoms with Crippen molar-refractivity contribution < 1.29 is 27.4 Å². The highest BCUT2D eigenvalue weighted by atomic mass is 19.4. The molecule has 0 saturated carbocycles. The molecule has 3 aromatic carbocycles. The van der Waals surface area contributed by atoms with Gasteiger partial charge in [0.25, 0.3) is 0 Å². The molecule has 4 rings (SSSR count). The Morgan fingerprint density at radius 1 is 0.941 bits per heavy atom. The van der Waals surface area contributed by atoms with E-state index in [1.807, 2.05) is 24.3 Å². The summed E-state index contributed by atoms with van der Waals surface area (Å²) in [6.07, 6.45) is -4.20. The molecule has 8 heteroatoms. The normalized spacial score (nSPS) is 11.4. The van der Waals surface area contributed by atoms with Crippen LogP contribution in [-0.4, -0.2) is 17.3 Å². The van der Waals surface area contributed by atoms with Gasteiger partial charge in [-0.25, -0.2) is 0 Å². The SMILES string of the molecule is CC(=O)Oc1cccc2[nH]c(-c3ccc(Cc4ccc(OC(F)(F)F)cc4)cc3)c(C)c(=O)c12. The van der Waals surface area contributed by atoms with Gasteiger partial charge in [-0.1, -0.05) is 42.5 Å². The third-order valence-electron chi connectivity index (χ3n) is 5.29. The van der Waals surface area contributed by atoms with Crippen molar-refractivity contribution in [1.82, 2.24) is 4.98 Å². The Balaban J connectivity index is 1.59. The monoisotopic (exact) mass is 467 g/mol. The van der Waals surface area contributed by atoms with Crippen LogP contribution >= 0.6 is 0 Å². The molecule has 4 aromatic rings. The van der Waals surface area contributed by atoms with Crippen molar-refractivity contribution in [2.75, 3.05) is 0 Å². The summed E-state index contributed by atoms with van der Waals surface area (Å²) in [5, 5.41) is 0.313. The van der Waals surface area contributed by atoms with Crippen LogP contribution in [0, 0.1) is 6.92 Å². The van der Waals surface area contributed by atoms with E-state index in [4.69, 9.17) is 4.74 Å². The van der Waals surface area contributed by atoms with Crippen LogP contribution in [0.4, 0.5) is 13.2 Å². The number of H-pyrrole nitrogens is 1. The molecule has 0 bridgehead atoms. The van der Waals surface area contributed by atoms with E-state index in [0.717, 1.165) is 16.7 Å². The lowest BCUT2D eigenvalue weighted by Gasteiger charge is -2.12. The molecule has 5 nitrogen and oxygen atoms in total. The van der Waals surface area contributed by atoms with Crippen LogP contribution in [0.2, 0.25) is 0 Å². The number of hydrogen-bond donors (Lipinski definition) is 1. The van der Waals surface area contributed by atoms with Gasteiger partial charge in [0, 0.05) is 12.5 Å². The highest BCUT2D eigenvalue weighted by Crippen LogP contribution is 2.28. The number of alkyl halides is 3. The molecule has 0 amide bonds. The number of esters is 1. The minimum absolute atomic E-state index is 0.211. The quantitative estimate of drug-likeness (QED) is 0.292. The zero-order valence-corrected chi connectivity index (χ0v) is 18.3. The van der Waals surface area contributed by atoms with Gasteiger partial charge in [-0.15, -0.1) is 13.2 Å². The minimum atomic E-state index is -4.72. The first-order valence-electron chi connectivity index (χ1n) is 10.4. The van der Waals surface area contributed by atoms with Crippen LogP contribution in [-0.2, 0) is 11.2 Å². The van der Waals surface area contributed by atoms with Crippen molar-refractivity contribution in [1.29, 1.82) is 0 Å². The summed E-state index contributed by atoms with van der Waals surface area (Å²) in [6, 6.07) is 18.3. The lowest BCUT2D eigenvalue weighted by Crippen LogP contribution is -2.17. The van der Waals surface area contributed by atoms with E-state index in [9.17, 15) is 22.8 Å². The summed E-state index contributed by atoms with van der Waals surface area (Å²) >= 11 is 0. The average Bonchev–Trinajstić information content (AvgIpc) is 2.77. The maximum absolute atomic E-state index is 13.1. The molecule has 174 valence electrons. The molecular formula is C26H20F3NO4. The Bertz CT molecular complexity index is 1410. The molecule has 0 aliphatic carbocycles. The maximum atomic E-state index is 13.1. The Morgan fingerprint density at radius 3 is 2.15 bits per heavy atom. The molecule has 0 radical (unpaired) electrons. The molecule has 0 aliphatic heterocycles. The molecule has 0 saturated heterocycles. The van der Waals surface area contributed by atoms with Crippen LogP contribution in [0.3, 0.4) is 0 Å². The van der Waals surface area contributed by atoms with E-state index in [2.05, 4.69) is 9.72 Å². The minimum Gasteiger partial charge on any atom is -0.426 e. The number of halogens is 3. The summed E-state index contributed by atoms with van der Waals surface area (Å²) < 4.78 is 46.0. The van der Waals surface area contributed by atoms with Gasteiger partial charge in [-0.2, -0.15) is 0 Å². The number of benzene rings is 3. The highest BCUT2D eigenvalue weighted by Gasteiger charge is 2.30. The number of carbonyl (C=O) groups is 1. The Morgan fingerprint density at radius 2 is 1.56 bits per heavy atom. The van der Waals surface area contributed by atoms with Gasteiger partial charge in [0.15, 0.2) is 5.43 Å². The second kappa shape index (κ2) is 9.05. The van der Waals surface area contributed by atoms with E-state index in [1.54, 1.807) is 37.3 Å². The first kappa shape index (κ1) is 23.1. The summed E-state index contributed by atoms with van der Waals surface area (Å²) in [5.41, 5.74) is 4.03. The lowest BCUT2D eigenvalue weighted by molar-refractivity contribution is -0.274. The third-order valence-corrected chi connectivity index (χ3v) is 5.29. The fourth-order valence-electron chi connectivity index (χ4n) is 3.76. The first-order valence-corrected chi connectivity index (χ1v) is 10.4. The van der Waals surface area contributed by atoms with Gasteiger partial charge >= 0.3 is 12.3 Å². The van der Waals surface area contributed by atoms with Crippen molar-refractivity contribution in [3.63, 3.8) is 0 Å². The number of pyridine rings is 1. The molecule has 0 unspecified atom stereocenters. The third kappa shape index (κ3) is 5.11. The Kier molecular flexibility index (Phi) is 6.15. The predicted molar refractivity (Wildman–Crippen MR) is 122 cm³/mol. The number of hydrogen-bond acceptors (Lipinski definition) is 4. The van der Waals surface area contributed by atoms with Crippen molar-refractivity contribution in [3.05, 3.63) is 93.6 Å². The molecule has 1 heterocycles. The maximum Gasteiger partial charge on any atom is 0.573 e. The van der Waals surface area contributed by atoms with Crippen LogP contribution in [0.25, 0.3) is 22.2 Å². The molecule has 0 fully saturated rings. The van der Waals surface area contributed by atoms with E-state index < -0.39 is 12.3 Å². The van der Waals surface area contributed by atoms with Crippen LogP contribution in [0.1, 0.15) is 23.6 Å². The summed E-state index contributed by atoms with van der Waals surface area (Å²) in [4.78, 5) is 27.7. The van der Waals surface area contributed by atoms with Crippen LogP contribution < -0.4 is 14.9 Å². The molecular weight excluding hydrogens is 447 g/mol. The zero-order chi connectivity index (χ0) is 24.5. The largest absolute Gasteiger partial charge is 0.573 e. The second-order valence-electron chi connectivity index (χ2n) is 7.79. The molecule has 1 N–H and O–H groups in total. The number of carbonyl (C=O) groups excluding carboxylic acids is 1. The zero-order valence-electron chi connectivity index (χ0n) is 18.3. The average molecular weight is 467 g/mol. The van der Waals surface area contributed by atoms with E-state index >= 15 is 0 Å². The Hall–Kier alpha value is -4.07. The van der Waals surface area contributed by atoms with Crippen LogP contribution in [0.5, 0.6) is 11.5 Å². The van der Waals surface area contributed by atoms with E-state index in [0.29, 0.717) is 28.6 Å². The van der Waals surface area contributed by atoms with E-state index in [-0.39, 0.29) is 16.9 Å². The molecule has 1 aromatic heterocycles. The molecule has 34 heavy (non-hydrogen) atoms. The highest BCUT2D eigenvalue weighted by molar-refractivity contribution is 5.90. The number of nitrogens with one attached hydrogen (secondary N) is 1. The van der Waals surface area contributed by atoms with Gasteiger partial charge < -0.3 is 14.5 Å². The van der Waals surface area contributed by atoms with Gasteiger partial charge in [-0.3, -0.25) is 9.59 Å². The van der Waals surface area contributed by atoms with Crippen molar-refractivity contribution in [2.24, 2.45) is 0 Å². The van der Waals surface area contributed by atoms with Crippen molar-refractivity contribution >= 4 is 16.9 Å². The molecule has 0 aliphatic rings. The van der Waals surface area contributed by atoms with Crippen LogP contribution in [0.15, 0.2) is 71.5 Å². The number of rotatable bonds is 5. The van der Waals surface area contributed by atoms with E-state index in [1.165, 1.54) is 19.1 Å². The van der Waals surface area contributed by atoms with Crippen molar-refractivity contribution in [2.45, 2.75) is 26.6 Å². The smallest absolute Gasteiger partial charge is 0.426 e.